The second-order valence-corrected chi connectivity index (χ2v) is 5.25. The Balaban J connectivity index is 4.67. The fourth-order valence-corrected chi connectivity index (χ4v) is 1.92. The van der Waals surface area contributed by atoms with Crippen LogP contribution >= 0.6 is 7.60 Å². The topological polar surface area (TPSA) is 147 Å². The predicted octanol–water partition coefficient (Wildman–Crippen LogP) is -0.544. The molecule has 9 heteroatoms. The maximum Gasteiger partial charge on any atom is 0.329 e. The van der Waals surface area contributed by atoms with E-state index in [-0.39, 0.29) is 18.6 Å². The van der Waals surface area contributed by atoms with Gasteiger partial charge in [-0.05, 0) is 0 Å². The molecule has 0 spiro atoms. The number of carbonyl (C=O) groups excluding carboxylic acids is 1. The number of carboxylic acid groups (broad SMARTS) is 1. The fraction of sp³-hybridized carbons (Fsp3) is 0.556. The van der Waals surface area contributed by atoms with Crippen molar-refractivity contribution in [3.63, 3.8) is 0 Å². The molecule has 0 saturated heterocycles. The van der Waals surface area contributed by atoms with Crippen LogP contribution < -0.4 is 5.73 Å². The zero-order chi connectivity index (χ0) is 14.3. The quantitative estimate of drug-likeness (QED) is 0.276. The van der Waals surface area contributed by atoms with Gasteiger partial charge in [0, 0.05) is 13.3 Å². The van der Waals surface area contributed by atoms with Crippen molar-refractivity contribution >= 4 is 19.5 Å². The van der Waals surface area contributed by atoms with Gasteiger partial charge in [0.15, 0.2) is 0 Å². The molecule has 0 aliphatic carbocycles. The third-order valence-corrected chi connectivity index (χ3v) is 2.66. The molecule has 18 heavy (non-hydrogen) atoms. The minimum absolute atomic E-state index is 0.0195. The first-order valence-corrected chi connectivity index (χ1v) is 6.77. The first-order chi connectivity index (χ1) is 8.11. The van der Waals surface area contributed by atoms with Crippen molar-refractivity contribution in [1.82, 2.24) is 0 Å². The maximum absolute atomic E-state index is 10.8. The van der Waals surface area contributed by atoms with Gasteiger partial charge < -0.3 is 25.4 Å². The molecule has 0 amide bonds. The van der Waals surface area contributed by atoms with Gasteiger partial charge in [-0.2, -0.15) is 0 Å². The second kappa shape index (κ2) is 7.27. The molecular formula is C9H16NO7P. The summed E-state index contributed by atoms with van der Waals surface area (Å²) < 4.78 is 15.5. The zero-order valence-corrected chi connectivity index (χ0v) is 10.7. The Hall–Kier alpha value is -1.21. The van der Waals surface area contributed by atoms with Crippen LogP contribution in [0.15, 0.2) is 11.6 Å². The summed E-state index contributed by atoms with van der Waals surface area (Å²) in [4.78, 5) is 38.7. The molecule has 0 aromatic heterocycles. The van der Waals surface area contributed by atoms with Gasteiger partial charge in [0.1, 0.15) is 6.04 Å². The molecule has 1 atom stereocenters. The normalized spacial score (nSPS) is 14.1. The molecule has 0 aromatic rings. The van der Waals surface area contributed by atoms with Gasteiger partial charge in [0.2, 0.25) is 0 Å². The summed E-state index contributed by atoms with van der Waals surface area (Å²) in [6.07, 6.45) is 0.450. The van der Waals surface area contributed by atoms with E-state index < -0.39 is 31.7 Å². The van der Waals surface area contributed by atoms with Crippen molar-refractivity contribution in [2.75, 3.05) is 12.8 Å². The monoisotopic (exact) mass is 281 g/mol. The van der Waals surface area contributed by atoms with E-state index in [1.807, 2.05) is 0 Å². The number of nitrogens with two attached hydrogens (primary N) is 1. The standard InChI is InChI=1S/C9H16NO7P/c1-6(11)17-3-2-7(5-18(14,15)16)4-8(10)9(12)13/h4,8H,2-3,5,10H2,1H3,(H,12,13)(H2,14,15,16). The lowest BCUT2D eigenvalue weighted by Gasteiger charge is -2.11. The highest BCUT2D eigenvalue weighted by Crippen LogP contribution is 2.37. The predicted molar refractivity (Wildman–Crippen MR) is 61.9 cm³/mol. The van der Waals surface area contributed by atoms with Crippen molar-refractivity contribution in [2.45, 2.75) is 19.4 Å². The average molecular weight is 281 g/mol. The van der Waals surface area contributed by atoms with Crippen LogP contribution in [0, 0.1) is 0 Å². The summed E-state index contributed by atoms with van der Waals surface area (Å²) in [5, 5.41) is 8.59. The van der Waals surface area contributed by atoms with E-state index in [9.17, 15) is 14.2 Å². The number of aliphatic carboxylic acids is 1. The third-order valence-electron chi connectivity index (χ3n) is 1.84. The van der Waals surface area contributed by atoms with Gasteiger partial charge in [0.25, 0.3) is 0 Å². The largest absolute Gasteiger partial charge is 0.480 e. The van der Waals surface area contributed by atoms with Crippen LogP contribution in [0.3, 0.4) is 0 Å². The Morgan fingerprint density at radius 2 is 2.00 bits per heavy atom. The Labute approximate surface area is 104 Å². The number of carboxylic acids is 1. The van der Waals surface area contributed by atoms with Crippen molar-refractivity contribution in [3.8, 4) is 0 Å². The lowest BCUT2D eigenvalue weighted by atomic mass is 10.1. The van der Waals surface area contributed by atoms with E-state index in [0.717, 1.165) is 6.08 Å². The molecule has 1 unspecified atom stereocenters. The summed E-state index contributed by atoms with van der Waals surface area (Å²) in [7, 11) is -4.33. The molecule has 0 rings (SSSR count). The van der Waals surface area contributed by atoms with Crippen LogP contribution in [0.1, 0.15) is 13.3 Å². The van der Waals surface area contributed by atoms with E-state index in [4.69, 9.17) is 20.6 Å². The van der Waals surface area contributed by atoms with Gasteiger partial charge in [-0.25, -0.2) is 0 Å². The molecule has 0 radical (unpaired) electrons. The molecule has 0 saturated carbocycles. The van der Waals surface area contributed by atoms with Crippen LogP contribution in [0.4, 0.5) is 0 Å². The minimum Gasteiger partial charge on any atom is -0.480 e. The summed E-state index contributed by atoms with van der Waals surface area (Å²) >= 11 is 0. The maximum atomic E-state index is 10.8. The van der Waals surface area contributed by atoms with E-state index in [0.29, 0.717) is 0 Å². The number of rotatable bonds is 7. The average Bonchev–Trinajstić information content (AvgIpc) is 2.13. The second-order valence-electron chi connectivity index (χ2n) is 3.60. The highest BCUT2D eigenvalue weighted by atomic mass is 31.2. The lowest BCUT2D eigenvalue weighted by Crippen LogP contribution is -2.28. The summed E-state index contributed by atoms with van der Waals surface area (Å²) in [6, 6.07) is -1.36. The van der Waals surface area contributed by atoms with Crippen molar-refractivity contribution in [2.24, 2.45) is 5.73 Å². The van der Waals surface area contributed by atoms with E-state index in [1.165, 1.54) is 6.92 Å². The van der Waals surface area contributed by atoms with Crippen molar-refractivity contribution < 1.29 is 33.8 Å². The number of hydrogen-bond donors (Lipinski definition) is 4. The molecule has 104 valence electrons. The molecule has 0 aliphatic heterocycles. The number of hydrogen-bond acceptors (Lipinski definition) is 5. The van der Waals surface area contributed by atoms with Gasteiger partial charge in [-0.1, -0.05) is 11.6 Å². The van der Waals surface area contributed by atoms with Gasteiger partial charge in [0.05, 0.1) is 12.8 Å². The lowest BCUT2D eigenvalue weighted by molar-refractivity contribution is -0.141. The van der Waals surface area contributed by atoms with Crippen LogP contribution in [-0.4, -0.2) is 45.6 Å². The summed E-state index contributed by atoms with van der Waals surface area (Å²) in [5.74, 6) is -1.85. The van der Waals surface area contributed by atoms with Crippen LogP contribution in [0.5, 0.6) is 0 Å². The van der Waals surface area contributed by atoms with Gasteiger partial charge in [-0.3, -0.25) is 14.2 Å². The third kappa shape index (κ3) is 8.89. The first-order valence-electron chi connectivity index (χ1n) is 4.97. The smallest absolute Gasteiger partial charge is 0.329 e. The molecule has 5 N–H and O–H groups in total. The van der Waals surface area contributed by atoms with E-state index in [1.54, 1.807) is 0 Å². The molecule has 0 aromatic carbocycles. The number of esters is 1. The van der Waals surface area contributed by atoms with Gasteiger partial charge >= 0.3 is 19.5 Å². The Morgan fingerprint density at radius 1 is 1.44 bits per heavy atom. The Bertz CT molecular complexity index is 386. The highest BCUT2D eigenvalue weighted by molar-refractivity contribution is 7.52. The number of ether oxygens (including phenoxy) is 1. The molecule has 0 bridgehead atoms. The van der Waals surface area contributed by atoms with Gasteiger partial charge in [-0.15, -0.1) is 0 Å². The molecule has 0 heterocycles. The first kappa shape index (κ1) is 16.8. The minimum atomic E-state index is -4.33. The van der Waals surface area contributed by atoms with E-state index in [2.05, 4.69) is 4.74 Å². The Morgan fingerprint density at radius 3 is 2.39 bits per heavy atom. The Kier molecular flexibility index (Phi) is 6.79. The van der Waals surface area contributed by atoms with Crippen molar-refractivity contribution in [3.05, 3.63) is 11.6 Å². The molecule has 0 fully saturated rings. The molecule has 8 nitrogen and oxygen atoms in total. The highest BCUT2D eigenvalue weighted by Gasteiger charge is 2.18. The SMILES string of the molecule is CC(=O)OCCC(=CC(N)C(=O)O)CP(=O)(O)O. The van der Waals surface area contributed by atoms with Crippen molar-refractivity contribution in [1.29, 1.82) is 0 Å². The summed E-state index contributed by atoms with van der Waals surface area (Å²) in [5.41, 5.74) is 5.37. The molecule has 0 aliphatic rings. The van der Waals surface area contributed by atoms with Crippen LogP contribution in [0.2, 0.25) is 0 Å². The zero-order valence-electron chi connectivity index (χ0n) is 9.78. The van der Waals surface area contributed by atoms with Crippen LogP contribution in [0.25, 0.3) is 0 Å². The van der Waals surface area contributed by atoms with Crippen LogP contribution in [-0.2, 0) is 18.9 Å². The van der Waals surface area contributed by atoms with E-state index >= 15 is 0 Å². The summed E-state index contributed by atoms with van der Waals surface area (Å²) in [6.45, 7) is 1.10. The molecular weight excluding hydrogens is 265 g/mol. The fourth-order valence-electron chi connectivity index (χ4n) is 1.13. The number of carbonyl (C=O) groups is 2.